The number of rotatable bonds is 1. The van der Waals surface area contributed by atoms with Gasteiger partial charge in [-0.3, -0.25) is 15.3 Å². The van der Waals surface area contributed by atoms with Gasteiger partial charge in [0.2, 0.25) is 0 Å². The highest BCUT2D eigenvalue weighted by atomic mass is 16.2. The van der Waals surface area contributed by atoms with E-state index in [1.165, 1.54) is 0 Å². The molecule has 5 nitrogen and oxygen atoms in total. The number of hydrazine groups is 1. The van der Waals surface area contributed by atoms with Crippen LogP contribution >= 0.6 is 0 Å². The van der Waals surface area contributed by atoms with Gasteiger partial charge in [-0.15, -0.1) is 0 Å². The molecular formula is C12H20N4O. The average molecular weight is 236 g/mol. The SMILES string of the molecule is CC(C)(C)C1CCc2[nH]nc(C(=O)NN)c2C1. The number of nitrogen functional groups attached to an aromatic ring is 1. The Bertz CT molecular complexity index is 430. The highest BCUT2D eigenvalue weighted by Gasteiger charge is 2.32. The molecule has 0 bridgehead atoms. The molecule has 1 unspecified atom stereocenters. The Kier molecular flexibility index (Phi) is 2.95. The normalized spacial score (nSPS) is 19.9. The van der Waals surface area contributed by atoms with Gasteiger partial charge in [0.05, 0.1) is 0 Å². The number of aryl methyl sites for hydroxylation is 1. The molecule has 0 saturated heterocycles. The number of aromatic nitrogens is 2. The van der Waals surface area contributed by atoms with Crippen LogP contribution in [0.3, 0.4) is 0 Å². The highest BCUT2D eigenvalue weighted by molar-refractivity contribution is 5.93. The number of hydrogen-bond acceptors (Lipinski definition) is 3. The van der Waals surface area contributed by atoms with E-state index in [0.29, 0.717) is 11.6 Å². The van der Waals surface area contributed by atoms with E-state index in [0.717, 1.165) is 30.5 Å². The van der Waals surface area contributed by atoms with Crippen LogP contribution in [0.4, 0.5) is 0 Å². The number of fused-ring (bicyclic) bond motifs is 1. The Balaban J connectivity index is 2.29. The topological polar surface area (TPSA) is 83.8 Å². The molecule has 0 aromatic carbocycles. The molecular weight excluding hydrogens is 216 g/mol. The van der Waals surface area contributed by atoms with Gasteiger partial charge in [0.15, 0.2) is 5.69 Å². The monoisotopic (exact) mass is 236 g/mol. The largest absolute Gasteiger partial charge is 0.289 e. The number of H-pyrrole nitrogens is 1. The minimum absolute atomic E-state index is 0.255. The van der Waals surface area contributed by atoms with E-state index in [-0.39, 0.29) is 11.3 Å². The van der Waals surface area contributed by atoms with Crippen molar-refractivity contribution in [2.75, 3.05) is 0 Å². The third-order valence-electron chi connectivity index (χ3n) is 3.72. The first-order valence-electron chi connectivity index (χ1n) is 6.00. The van der Waals surface area contributed by atoms with Crippen molar-refractivity contribution in [1.29, 1.82) is 0 Å². The molecule has 0 spiro atoms. The predicted molar refractivity (Wildman–Crippen MR) is 65.2 cm³/mol. The molecule has 1 heterocycles. The maximum Gasteiger partial charge on any atom is 0.285 e. The quantitative estimate of drug-likeness (QED) is 0.389. The van der Waals surface area contributed by atoms with Crippen molar-refractivity contribution < 1.29 is 4.79 Å². The van der Waals surface area contributed by atoms with Gasteiger partial charge in [0, 0.05) is 11.3 Å². The summed E-state index contributed by atoms with van der Waals surface area (Å²) in [5.74, 6) is 5.44. The summed E-state index contributed by atoms with van der Waals surface area (Å²) in [7, 11) is 0. The lowest BCUT2D eigenvalue weighted by atomic mass is 9.71. The Labute approximate surface area is 101 Å². The van der Waals surface area contributed by atoms with Crippen LogP contribution in [-0.4, -0.2) is 16.1 Å². The minimum Gasteiger partial charge on any atom is -0.289 e. The van der Waals surface area contributed by atoms with Gasteiger partial charge in [-0.2, -0.15) is 5.10 Å². The fourth-order valence-corrected chi connectivity index (χ4v) is 2.49. The Hall–Kier alpha value is -1.36. The zero-order chi connectivity index (χ0) is 12.6. The number of carbonyl (C=O) groups is 1. The highest BCUT2D eigenvalue weighted by Crippen LogP contribution is 2.37. The number of nitrogens with zero attached hydrogens (tertiary/aromatic N) is 1. The van der Waals surface area contributed by atoms with Crippen LogP contribution in [0.2, 0.25) is 0 Å². The standard InChI is InChI=1S/C12H20N4O/c1-12(2,3)7-4-5-9-8(6-7)10(16-15-9)11(17)14-13/h7H,4-6,13H2,1-3H3,(H,14,17)(H,15,16). The second-order valence-electron chi connectivity index (χ2n) is 5.81. The summed E-state index contributed by atoms with van der Waals surface area (Å²) in [6.45, 7) is 6.72. The van der Waals surface area contributed by atoms with E-state index in [4.69, 9.17) is 5.84 Å². The molecule has 1 aliphatic carbocycles. The number of amides is 1. The van der Waals surface area contributed by atoms with Crippen LogP contribution in [0.15, 0.2) is 0 Å². The van der Waals surface area contributed by atoms with Crippen LogP contribution in [0.5, 0.6) is 0 Å². The van der Waals surface area contributed by atoms with Crippen LogP contribution in [-0.2, 0) is 12.8 Å². The zero-order valence-electron chi connectivity index (χ0n) is 10.6. The lowest BCUT2D eigenvalue weighted by Crippen LogP contribution is -2.32. The lowest BCUT2D eigenvalue weighted by molar-refractivity contribution is 0.0946. The molecule has 4 N–H and O–H groups in total. The summed E-state index contributed by atoms with van der Waals surface area (Å²) in [6, 6.07) is 0. The fourth-order valence-electron chi connectivity index (χ4n) is 2.49. The van der Waals surface area contributed by atoms with E-state index < -0.39 is 0 Å². The van der Waals surface area contributed by atoms with Crippen molar-refractivity contribution in [1.82, 2.24) is 15.6 Å². The van der Waals surface area contributed by atoms with Crippen LogP contribution < -0.4 is 11.3 Å². The maximum atomic E-state index is 11.6. The number of nitrogens with one attached hydrogen (secondary N) is 2. The summed E-state index contributed by atoms with van der Waals surface area (Å²) in [6.07, 6.45) is 3.00. The molecule has 2 rings (SSSR count). The van der Waals surface area contributed by atoms with Crippen molar-refractivity contribution >= 4 is 5.91 Å². The molecule has 1 aromatic heterocycles. The molecule has 94 valence electrons. The van der Waals surface area contributed by atoms with Gasteiger partial charge in [-0.1, -0.05) is 20.8 Å². The molecule has 0 aliphatic heterocycles. The van der Waals surface area contributed by atoms with Crippen molar-refractivity contribution in [3.05, 3.63) is 17.0 Å². The van der Waals surface area contributed by atoms with E-state index >= 15 is 0 Å². The van der Waals surface area contributed by atoms with Gasteiger partial charge in [0.1, 0.15) is 0 Å². The van der Waals surface area contributed by atoms with E-state index in [9.17, 15) is 4.79 Å². The molecule has 1 aromatic rings. The third-order valence-corrected chi connectivity index (χ3v) is 3.72. The van der Waals surface area contributed by atoms with Crippen molar-refractivity contribution in [3.63, 3.8) is 0 Å². The van der Waals surface area contributed by atoms with Gasteiger partial charge >= 0.3 is 0 Å². The third kappa shape index (κ3) is 2.20. The molecule has 17 heavy (non-hydrogen) atoms. The summed E-state index contributed by atoms with van der Waals surface area (Å²) < 4.78 is 0. The molecule has 1 atom stereocenters. The molecule has 5 heteroatoms. The number of nitrogens with two attached hydrogens (primary N) is 1. The Morgan fingerprint density at radius 3 is 2.82 bits per heavy atom. The van der Waals surface area contributed by atoms with Crippen molar-refractivity contribution in [2.24, 2.45) is 17.2 Å². The van der Waals surface area contributed by atoms with Crippen LogP contribution in [0.25, 0.3) is 0 Å². The number of hydrogen-bond donors (Lipinski definition) is 3. The second-order valence-corrected chi connectivity index (χ2v) is 5.81. The molecule has 0 saturated carbocycles. The second kappa shape index (κ2) is 4.14. The van der Waals surface area contributed by atoms with Gasteiger partial charge in [-0.05, 0) is 30.6 Å². The van der Waals surface area contributed by atoms with Crippen LogP contribution in [0, 0.1) is 11.3 Å². The molecule has 0 radical (unpaired) electrons. The van der Waals surface area contributed by atoms with Gasteiger partial charge < -0.3 is 0 Å². The predicted octanol–water partition coefficient (Wildman–Crippen LogP) is 1.16. The van der Waals surface area contributed by atoms with E-state index in [1.54, 1.807) is 0 Å². The molecule has 1 aliphatic rings. The first kappa shape index (κ1) is 12.1. The first-order valence-corrected chi connectivity index (χ1v) is 6.00. The fraction of sp³-hybridized carbons (Fsp3) is 0.667. The zero-order valence-corrected chi connectivity index (χ0v) is 10.6. The summed E-state index contributed by atoms with van der Waals surface area (Å²) in [4.78, 5) is 11.6. The van der Waals surface area contributed by atoms with Crippen LogP contribution in [0.1, 0.15) is 48.9 Å². The Morgan fingerprint density at radius 1 is 1.53 bits per heavy atom. The Morgan fingerprint density at radius 2 is 2.24 bits per heavy atom. The van der Waals surface area contributed by atoms with E-state index in [1.807, 2.05) is 0 Å². The minimum atomic E-state index is -0.308. The number of aromatic amines is 1. The molecule has 0 fully saturated rings. The van der Waals surface area contributed by atoms with E-state index in [2.05, 4.69) is 36.4 Å². The summed E-state index contributed by atoms with van der Waals surface area (Å²) in [5.41, 5.74) is 4.99. The van der Waals surface area contributed by atoms with Gasteiger partial charge in [0.25, 0.3) is 5.91 Å². The van der Waals surface area contributed by atoms with Gasteiger partial charge in [-0.25, -0.2) is 5.84 Å². The van der Waals surface area contributed by atoms with Crippen molar-refractivity contribution in [3.8, 4) is 0 Å². The van der Waals surface area contributed by atoms with Crippen molar-refractivity contribution in [2.45, 2.75) is 40.0 Å². The number of carbonyl (C=O) groups excluding carboxylic acids is 1. The summed E-state index contributed by atoms with van der Waals surface area (Å²) >= 11 is 0. The molecule has 1 amide bonds. The average Bonchev–Trinajstić information content (AvgIpc) is 2.69. The lowest BCUT2D eigenvalue weighted by Gasteiger charge is -2.33. The smallest absolute Gasteiger partial charge is 0.285 e. The summed E-state index contributed by atoms with van der Waals surface area (Å²) in [5, 5.41) is 7.02. The first-order chi connectivity index (χ1) is 7.93. The maximum absolute atomic E-state index is 11.6.